The minimum atomic E-state index is 0. The molecule has 1 atom stereocenters. The van der Waals surface area contributed by atoms with Crippen LogP contribution in [0, 0.1) is 0 Å². The molecule has 3 aromatic carbocycles. The van der Waals surface area contributed by atoms with E-state index in [1.165, 1.54) is 40.2 Å². The third kappa shape index (κ3) is 3.93. The van der Waals surface area contributed by atoms with Crippen molar-refractivity contribution in [3.8, 4) is 0 Å². The first kappa shape index (κ1) is 20.8. The summed E-state index contributed by atoms with van der Waals surface area (Å²) in [5.41, 5.74) is 8.12. The molecule has 0 bridgehead atoms. The average Bonchev–Trinajstić information content (AvgIpc) is 2.84. The summed E-state index contributed by atoms with van der Waals surface area (Å²) in [5.74, 6) is 0.609. The maximum atomic E-state index is 2.43. The minimum absolute atomic E-state index is 0. The summed E-state index contributed by atoms with van der Waals surface area (Å²) in [6.07, 6.45) is 3.36. The molecule has 0 N–H and O–H groups in total. The standard InChI is InChI=1S/C24H25N.2CH4/c1-3-18(2)19-14-16-22(17-15-19)25-23-10-6-4-8-20(23)12-13-21-9-5-7-11-24(21)25;;/h4-11,14-18H,3,12-13H2,1-2H3;2*1H4. The van der Waals surface area contributed by atoms with Crippen LogP contribution in [0.3, 0.4) is 0 Å². The van der Waals surface area contributed by atoms with E-state index in [1.54, 1.807) is 0 Å². The molecule has 4 rings (SSSR count). The first-order chi connectivity index (χ1) is 12.3. The second-order valence-electron chi connectivity index (χ2n) is 6.99. The zero-order valence-corrected chi connectivity index (χ0v) is 15.1. The molecule has 3 aromatic rings. The van der Waals surface area contributed by atoms with Gasteiger partial charge in [0.25, 0.3) is 0 Å². The predicted molar refractivity (Wildman–Crippen MR) is 121 cm³/mol. The van der Waals surface area contributed by atoms with Gasteiger partial charge in [0.2, 0.25) is 0 Å². The Morgan fingerprint density at radius 1 is 0.741 bits per heavy atom. The Kier molecular flexibility index (Phi) is 6.85. The first-order valence-electron chi connectivity index (χ1n) is 9.34. The van der Waals surface area contributed by atoms with Crippen LogP contribution in [0.4, 0.5) is 17.1 Å². The summed E-state index contributed by atoms with van der Waals surface area (Å²) in [5, 5.41) is 0. The maximum Gasteiger partial charge on any atom is 0.0493 e. The van der Waals surface area contributed by atoms with Gasteiger partial charge in [-0.1, -0.05) is 77.2 Å². The highest BCUT2D eigenvalue weighted by Crippen LogP contribution is 2.41. The van der Waals surface area contributed by atoms with Crippen LogP contribution in [-0.2, 0) is 12.8 Å². The van der Waals surface area contributed by atoms with Crippen molar-refractivity contribution in [2.24, 2.45) is 0 Å². The molecule has 0 saturated carbocycles. The molecular formula is C26H33N. The molecule has 0 aliphatic carbocycles. The van der Waals surface area contributed by atoms with Gasteiger partial charge in [-0.25, -0.2) is 0 Å². The molecular weight excluding hydrogens is 326 g/mol. The van der Waals surface area contributed by atoms with E-state index in [0.29, 0.717) is 5.92 Å². The molecule has 1 aliphatic rings. The zero-order chi connectivity index (χ0) is 17.2. The van der Waals surface area contributed by atoms with Gasteiger partial charge in [-0.3, -0.25) is 0 Å². The van der Waals surface area contributed by atoms with Crippen molar-refractivity contribution in [1.82, 2.24) is 0 Å². The van der Waals surface area contributed by atoms with Crippen LogP contribution < -0.4 is 4.90 Å². The fourth-order valence-corrected chi connectivity index (χ4v) is 3.75. The summed E-state index contributed by atoms with van der Waals surface area (Å²) in [6.45, 7) is 4.55. The third-order valence-corrected chi connectivity index (χ3v) is 5.46. The fraction of sp³-hybridized carbons (Fsp3) is 0.308. The number of anilines is 3. The SMILES string of the molecule is C.C.CCC(C)c1ccc(N2c3ccccc3CCc3ccccc32)cc1. The molecule has 0 radical (unpaired) electrons. The van der Waals surface area contributed by atoms with E-state index < -0.39 is 0 Å². The first-order valence-corrected chi connectivity index (χ1v) is 9.34. The van der Waals surface area contributed by atoms with Crippen molar-refractivity contribution < 1.29 is 0 Å². The Labute approximate surface area is 165 Å². The van der Waals surface area contributed by atoms with Crippen molar-refractivity contribution in [2.45, 2.75) is 53.9 Å². The Morgan fingerprint density at radius 2 is 1.22 bits per heavy atom. The van der Waals surface area contributed by atoms with Crippen molar-refractivity contribution >= 4 is 17.1 Å². The van der Waals surface area contributed by atoms with Gasteiger partial charge in [0, 0.05) is 17.1 Å². The molecule has 1 nitrogen and oxygen atoms in total. The van der Waals surface area contributed by atoms with Gasteiger partial charge in [0.1, 0.15) is 0 Å². The van der Waals surface area contributed by atoms with Crippen molar-refractivity contribution in [3.05, 3.63) is 89.5 Å². The number of aryl methyl sites for hydroxylation is 2. The number of fused-ring (bicyclic) bond motifs is 2. The lowest BCUT2D eigenvalue weighted by Crippen LogP contribution is -2.11. The quantitative estimate of drug-likeness (QED) is 0.457. The van der Waals surface area contributed by atoms with Crippen LogP contribution in [-0.4, -0.2) is 0 Å². The third-order valence-electron chi connectivity index (χ3n) is 5.46. The molecule has 0 aromatic heterocycles. The van der Waals surface area contributed by atoms with Gasteiger partial charge < -0.3 is 4.90 Å². The minimum Gasteiger partial charge on any atom is -0.310 e. The summed E-state index contributed by atoms with van der Waals surface area (Å²) >= 11 is 0. The zero-order valence-electron chi connectivity index (χ0n) is 15.1. The lowest BCUT2D eigenvalue weighted by Gasteiger charge is -2.27. The number of rotatable bonds is 3. The van der Waals surface area contributed by atoms with Crippen LogP contribution in [0.5, 0.6) is 0 Å². The van der Waals surface area contributed by atoms with Gasteiger partial charge >= 0.3 is 0 Å². The molecule has 27 heavy (non-hydrogen) atoms. The highest BCUT2D eigenvalue weighted by atomic mass is 15.1. The molecule has 0 fully saturated rings. The lowest BCUT2D eigenvalue weighted by molar-refractivity contribution is 0.733. The average molecular weight is 360 g/mol. The molecule has 142 valence electrons. The number of nitrogens with zero attached hydrogens (tertiary/aromatic N) is 1. The fourth-order valence-electron chi connectivity index (χ4n) is 3.75. The van der Waals surface area contributed by atoms with E-state index in [1.807, 2.05) is 0 Å². The van der Waals surface area contributed by atoms with E-state index in [9.17, 15) is 0 Å². The topological polar surface area (TPSA) is 3.24 Å². The smallest absolute Gasteiger partial charge is 0.0493 e. The van der Waals surface area contributed by atoms with Crippen molar-refractivity contribution in [3.63, 3.8) is 0 Å². The maximum absolute atomic E-state index is 2.43. The van der Waals surface area contributed by atoms with E-state index in [0.717, 1.165) is 12.8 Å². The second kappa shape index (κ2) is 8.90. The lowest BCUT2D eigenvalue weighted by atomic mass is 9.98. The van der Waals surface area contributed by atoms with Crippen LogP contribution in [0.2, 0.25) is 0 Å². The Morgan fingerprint density at radius 3 is 1.70 bits per heavy atom. The van der Waals surface area contributed by atoms with E-state index in [4.69, 9.17) is 0 Å². The van der Waals surface area contributed by atoms with Gasteiger partial charge in [-0.15, -0.1) is 0 Å². The molecule has 1 heterocycles. The normalized spacial score (nSPS) is 13.3. The molecule has 0 amide bonds. The van der Waals surface area contributed by atoms with Crippen LogP contribution in [0.15, 0.2) is 72.8 Å². The number of para-hydroxylation sites is 2. The monoisotopic (exact) mass is 359 g/mol. The predicted octanol–water partition coefficient (Wildman–Crippen LogP) is 8.04. The van der Waals surface area contributed by atoms with Crippen molar-refractivity contribution in [1.29, 1.82) is 0 Å². The number of hydrogen-bond acceptors (Lipinski definition) is 1. The molecule has 1 heteroatoms. The Hall–Kier alpha value is -2.54. The van der Waals surface area contributed by atoms with Gasteiger partial charge in [0.05, 0.1) is 0 Å². The Balaban J connectivity index is 0.00000131. The number of hydrogen-bond donors (Lipinski definition) is 0. The largest absolute Gasteiger partial charge is 0.310 e. The van der Waals surface area contributed by atoms with Crippen LogP contribution >= 0.6 is 0 Å². The highest BCUT2D eigenvalue weighted by molar-refractivity contribution is 5.81. The molecule has 1 aliphatic heterocycles. The van der Waals surface area contributed by atoms with Gasteiger partial charge in [-0.05, 0) is 66.1 Å². The summed E-state index contributed by atoms with van der Waals surface area (Å²) < 4.78 is 0. The molecule has 0 saturated heterocycles. The van der Waals surface area contributed by atoms with E-state index in [-0.39, 0.29) is 14.9 Å². The van der Waals surface area contributed by atoms with E-state index in [2.05, 4.69) is 91.5 Å². The van der Waals surface area contributed by atoms with Crippen LogP contribution in [0.1, 0.15) is 57.7 Å². The summed E-state index contributed by atoms with van der Waals surface area (Å²) in [4.78, 5) is 2.43. The number of benzene rings is 3. The van der Waals surface area contributed by atoms with E-state index >= 15 is 0 Å². The van der Waals surface area contributed by atoms with Gasteiger partial charge in [-0.2, -0.15) is 0 Å². The molecule has 0 spiro atoms. The van der Waals surface area contributed by atoms with Crippen molar-refractivity contribution in [2.75, 3.05) is 4.90 Å². The molecule has 1 unspecified atom stereocenters. The highest BCUT2D eigenvalue weighted by Gasteiger charge is 2.21. The summed E-state index contributed by atoms with van der Waals surface area (Å²) in [6, 6.07) is 26.8. The second-order valence-corrected chi connectivity index (χ2v) is 6.99. The van der Waals surface area contributed by atoms with Crippen LogP contribution in [0.25, 0.3) is 0 Å². The Bertz CT molecular complexity index is 816. The van der Waals surface area contributed by atoms with Gasteiger partial charge in [0.15, 0.2) is 0 Å². The summed E-state index contributed by atoms with van der Waals surface area (Å²) in [7, 11) is 0.